The molecule has 2 aromatic carbocycles. The van der Waals surface area contributed by atoms with Crippen molar-refractivity contribution in [3.63, 3.8) is 0 Å². The van der Waals surface area contributed by atoms with Gasteiger partial charge in [0.1, 0.15) is 90.3 Å². The number of amides is 15. The van der Waals surface area contributed by atoms with Crippen molar-refractivity contribution in [2.24, 2.45) is 23.3 Å². The molecule has 1 heterocycles. The molecule has 0 unspecified atom stereocenters. The summed E-state index contributed by atoms with van der Waals surface area (Å²) in [6.07, 6.45) is -9.64. The summed E-state index contributed by atoms with van der Waals surface area (Å²) in [5.74, 6) is -27.4. The Morgan fingerprint density at radius 3 is 1.29 bits per heavy atom. The number of hydrogen-bond donors (Lipinski definition) is 28. The van der Waals surface area contributed by atoms with Crippen molar-refractivity contribution in [2.45, 2.75) is 209 Å². The van der Waals surface area contributed by atoms with E-state index in [0.717, 1.165) is 20.8 Å². The number of primary amides is 1. The van der Waals surface area contributed by atoms with Crippen molar-refractivity contribution in [3.05, 3.63) is 65.9 Å². The van der Waals surface area contributed by atoms with Gasteiger partial charge in [-0.3, -0.25) is 86.3 Å². The average Bonchev–Trinajstić information content (AvgIpc) is 1.71. The first-order valence-electron chi connectivity index (χ1n) is 37.1. The molecule has 0 bridgehead atoms. The quantitative estimate of drug-likeness (QED) is 0.0250. The second-order valence-electron chi connectivity index (χ2n) is 28.1. The molecule has 15 amide bonds. The number of aliphatic hydroxyl groups excluding tert-OH is 6. The van der Waals surface area contributed by atoms with Crippen molar-refractivity contribution >= 4 is 123 Å². The van der Waals surface area contributed by atoms with E-state index in [1.165, 1.54) is 51.2 Å². The molecule has 3 aromatic rings. The van der Waals surface area contributed by atoms with E-state index in [0.29, 0.717) is 16.5 Å². The Labute approximate surface area is 678 Å². The molecule has 0 aliphatic carbocycles. The lowest BCUT2D eigenvalue weighted by atomic mass is 9.96. The molecule has 119 heavy (non-hydrogen) atoms. The van der Waals surface area contributed by atoms with Gasteiger partial charge < -0.3 is 147 Å². The Hall–Kier alpha value is -12.6. The minimum Gasteiger partial charge on any atom is -0.508 e. The molecule has 0 spiro atoms. The minimum atomic E-state index is -2.18. The number of aliphatic carboxylic acids is 4. The average molecular weight is 1690 g/mol. The third-order valence-corrected chi connectivity index (χ3v) is 18.2. The van der Waals surface area contributed by atoms with Crippen LogP contribution in [0.3, 0.4) is 0 Å². The summed E-state index contributed by atoms with van der Waals surface area (Å²) < 4.78 is 0. The van der Waals surface area contributed by atoms with Gasteiger partial charge in [-0.25, -0.2) is 4.79 Å². The lowest BCUT2D eigenvalue weighted by Crippen LogP contribution is -2.63. The summed E-state index contributed by atoms with van der Waals surface area (Å²) in [5, 5.41) is 141. The molecule has 3 rings (SSSR count). The predicted molar refractivity (Wildman–Crippen MR) is 408 cm³/mol. The fourth-order valence-electron chi connectivity index (χ4n) is 11.2. The zero-order valence-corrected chi connectivity index (χ0v) is 65.7. The van der Waals surface area contributed by atoms with Crippen molar-refractivity contribution in [1.82, 2.24) is 79.4 Å². The fourth-order valence-corrected chi connectivity index (χ4v) is 11.2. The highest BCUT2D eigenvalue weighted by Gasteiger charge is 2.41. The summed E-state index contributed by atoms with van der Waals surface area (Å²) in [5.41, 5.74) is 12.1. The number of nitrogens with one attached hydrogen (secondary N) is 15. The third-order valence-electron chi connectivity index (χ3n) is 18.2. The number of fused-ring (bicyclic) bond motifs is 1. The van der Waals surface area contributed by atoms with Gasteiger partial charge in [-0.1, -0.05) is 64.4 Å². The number of nitrogens with two attached hydrogens (primary N) is 2. The number of carboxylic acids is 4. The van der Waals surface area contributed by atoms with Crippen molar-refractivity contribution < 1.29 is 147 Å². The van der Waals surface area contributed by atoms with Gasteiger partial charge in [0.2, 0.25) is 88.6 Å². The normalized spacial score (nSPS) is 15.7. The molecule has 0 aliphatic rings. The van der Waals surface area contributed by atoms with E-state index in [1.54, 1.807) is 31.2 Å². The van der Waals surface area contributed by atoms with Gasteiger partial charge in [0.15, 0.2) is 0 Å². The molecule has 1 aromatic heterocycles. The lowest BCUT2D eigenvalue weighted by Gasteiger charge is -2.30. The number of H-pyrrole nitrogens is 1. The number of aromatic nitrogens is 1. The van der Waals surface area contributed by atoms with Crippen molar-refractivity contribution in [2.75, 3.05) is 26.4 Å². The van der Waals surface area contributed by atoms with E-state index < -0.39 is 305 Å². The summed E-state index contributed by atoms with van der Waals surface area (Å²) in [6.45, 7) is 4.35. The van der Waals surface area contributed by atoms with E-state index in [4.69, 9.17) is 16.6 Å². The van der Waals surface area contributed by atoms with Gasteiger partial charge in [0.05, 0.1) is 57.5 Å². The van der Waals surface area contributed by atoms with Crippen LogP contribution in [0.4, 0.5) is 0 Å². The standard InChI is InChI=1S/C72H105N17O30/c1-8-31(4)55(87-63(109)43(21-35-13-15-37(96)16-14-35)79-65(111)47(28-91)83-61(107)41(17-19-51(99)100)77-59(105)39(73)27-90)68(114)82-45(23-49(74)97)62(108)84-48(29-92)66(112)80-46(24-53(103)104)60(106)76-26-50(98)85-56(32(5)93)69(115)81-44(22-36-25-75-40-12-10-9-11-38(36)40)64(110)88-58(34(7)95)71(117)86-54(30(2)3)67(113)89-57(33(6)94)70(116)78-42(72(118)119)18-20-52(101)102/h9-16,25,30-34,39,41-48,54-58,75,90-96H,8,17-24,26-29,73H2,1-7H3,(H2,74,97)(H,76,106)(H,77,105)(H,78,116)(H,79,111)(H,80,112)(H,81,115)(H,82,114)(H,83,107)(H,84,108)(H,85,98)(H,86,117)(H,87,109)(H,88,110)(H,89,113)(H,99,100)(H,101,102)(H,103,104)(H,118,119)/t31-,32+,33+,34+,39-,41-,42-,43-,44-,45-,46-,47-,48-,54-,55-,56-,57-,58-/m0/s1. The first kappa shape index (κ1) is 101. The van der Waals surface area contributed by atoms with Crippen LogP contribution in [-0.2, 0) is 104 Å². The number of carbonyl (C=O) groups excluding carboxylic acids is 15. The van der Waals surface area contributed by atoms with Crippen LogP contribution in [0.15, 0.2) is 54.7 Å². The first-order valence-corrected chi connectivity index (χ1v) is 37.1. The maximum atomic E-state index is 14.5. The lowest BCUT2D eigenvalue weighted by molar-refractivity contribution is -0.144. The number of phenolic OH excluding ortho intramolecular Hbond substituents is 1. The number of phenols is 1. The van der Waals surface area contributed by atoms with E-state index in [9.17, 15) is 142 Å². The molecule has 47 heteroatoms. The van der Waals surface area contributed by atoms with E-state index in [1.807, 2.05) is 21.3 Å². The molecule has 18 atom stereocenters. The Morgan fingerprint density at radius 1 is 0.412 bits per heavy atom. The molecular formula is C72H105N17O30. The maximum absolute atomic E-state index is 14.5. The molecule has 0 fully saturated rings. The molecule has 30 N–H and O–H groups in total. The topological polar surface area (TPSA) is 783 Å². The van der Waals surface area contributed by atoms with Crippen LogP contribution in [-0.4, -0.2) is 303 Å². The Kier molecular flexibility index (Phi) is 41.3. The number of benzene rings is 2. The fraction of sp³-hybridized carbons (Fsp3) is 0.542. The van der Waals surface area contributed by atoms with Crippen LogP contribution in [0.2, 0.25) is 0 Å². The highest BCUT2D eigenvalue weighted by molar-refractivity contribution is 6.02. The highest BCUT2D eigenvalue weighted by atomic mass is 16.4. The smallest absolute Gasteiger partial charge is 0.326 e. The Balaban J connectivity index is 1.86. The number of rotatable bonds is 52. The van der Waals surface area contributed by atoms with Crippen LogP contribution in [0, 0.1) is 11.8 Å². The van der Waals surface area contributed by atoms with Crippen molar-refractivity contribution in [1.29, 1.82) is 0 Å². The van der Waals surface area contributed by atoms with Gasteiger partial charge in [-0.15, -0.1) is 0 Å². The summed E-state index contributed by atoms with van der Waals surface area (Å²) >= 11 is 0. The summed E-state index contributed by atoms with van der Waals surface area (Å²) in [4.78, 5) is 255. The largest absolute Gasteiger partial charge is 0.508 e. The van der Waals surface area contributed by atoms with Gasteiger partial charge >= 0.3 is 23.9 Å². The molecule has 0 saturated heterocycles. The van der Waals surface area contributed by atoms with Gasteiger partial charge in [0.25, 0.3) is 0 Å². The number of aliphatic hydroxyl groups is 6. The van der Waals surface area contributed by atoms with Gasteiger partial charge in [0, 0.05) is 42.8 Å². The maximum Gasteiger partial charge on any atom is 0.326 e. The minimum absolute atomic E-state index is 0.0718. The predicted octanol–water partition coefficient (Wildman–Crippen LogP) is -10.6. The van der Waals surface area contributed by atoms with Crippen LogP contribution in [0.5, 0.6) is 5.75 Å². The molecule has 47 nitrogen and oxygen atoms in total. The molecule has 0 radical (unpaired) electrons. The zero-order chi connectivity index (χ0) is 90.0. The van der Waals surface area contributed by atoms with Crippen molar-refractivity contribution in [3.8, 4) is 5.75 Å². The van der Waals surface area contributed by atoms with Gasteiger partial charge in [-0.05, 0) is 74.8 Å². The van der Waals surface area contributed by atoms with Gasteiger partial charge in [-0.2, -0.15) is 0 Å². The second kappa shape index (κ2) is 48.8. The van der Waals surface area contributed by atoms with E-state index in [-0.39, 0.29) is 17.7 Å². The van der Waals surface area contributed by atoms with E-state index in [2.05, 4.69) is 58.2 Å². The number of hydrogen-bond acceptors (Lipinski definition) is 27. The van der Waals surface area contributed by atoms with Crippen LogP contribution in [0.25, 0.3) is 10.9 Å². The molecule has 0 saturated carbocycles. The summed E-state index contributed by atoms with van der Waals surface area (Å²) in [6, 6.07) is -14.6. The monoisotopic (exact) mass is 1690 g/mol. The van der Waals surface area contributed by atoms with E-state index >= 15 is 0 Å². The zero-order valence-electron chi connectivity index (χ0n) is 65.7. The number of carboxylic acid groups (broad SMARTS) is 4. The van der Waals surface area contributed by atoms with Crippen LogP contribution < -0.4 is 85.9 Å². The Morgan fingerprint density at radius 2 is 0.807 bits per heavy atom. The van der Waals surface area contributed by atoms with Crippen LogP contribution in [0.1, 0.15) is 105 Å². The third kappa shape index (κ3) is 33.2. The number of aromatic amines is 1. The SMILES string of the molecule is CC[C@H](C)[C@H](NC(=O)[C@H](Cc1ccc(O)cc1)NC(=O)[C@H](CO)NC(=O)[C@H](CCC(=O)O)NC(=O)[C@@H](N)CO)C(=O)N[C@@H](CC(N)=O)C(=O)N[C@@H](CO)C(=O)N[C@@H](CC(=O)O)C(=O)NCC(=O)N[C@H](C(=O)N[C@@H](Cc1c[nH]c2ccccc12)C(=O)N[C@H](C(=O)N[C@H](C(=O)N[C@H](C(=O)N[C@@H](CCC(=O)O)C(=O)O)[C@@H](C)O)C(C)C)[C@@H](C)O)[C@@H](C)O. The molecule has 0 aliphatic heterocycles. The second-order valence-corrected chi connectivity index (χ2v) is 28.1. The number of para-hydroxylation sites is 1. The number of carbonyl (C=O) groups is 19. The summed E-state index contributed by atoms with van der Waals surface area (Å²) in [7, 11) is 0. The number of aromatic hydroxyl groups is 1. The highest BCUT2D eigenvalue weighted by Crippen LogP contribution is 2.21. The Bertz CT molecular complexity index is 4100. The van der Waals surface area contributed by atoms with Crippen LogP contribution >= 0.6 is 0 Å². The molecular weight excluding hydrogens is 1580 g/mol. The first-order chi connectivity index (χ1) is 55.8. The molecule has 658 valence electrons.